The van der Waals surface area contributed by atoms with Gasteiger partial charge in [0, 0.05) is 33.3 Å². The van der Waals surface area contributed by atoms with E-state index in [0.717, 1.165) is 19.7 Å². The minimum atomic E-state index is 0. The van der Waals surface area contributed by atoms with Crippen molar-refractivity contribution in [2.24, 2.45) is 10.7 Å². The molecule has 1 atom stereocenters. The zero-order valence-corrected chi connectivity index (χ0v) is 12.4. The Balaban J connectivity index is 0.00000225. The third kappa shape index (κ3) is 5.31. The number of rotatable bonds is 5. The van der Waals surface area contributed by atoms with E-state index >= 15 is 0 Å². The third-order valence-corrected chi connectivity index (χ3v) is 2.84. The van der Waals surface area contributed by atoms with Gasteiger partial charge in [0.15, 0.2) is 5.96 Å². The topological polar surface area (TPSA) is 62.9 Å². The van der Waals surface area contributed by atoms with Crippen LogP contribution in [0.1, 0.15) is 12.8 Å². The molecule has 0 saturated carbocycles. The lowest BCUT2D eigenvalue weighted by atomic mass is 10.2. The van der Waals surface area contributed by atoms with Crippen molar-refractivity contribution >= 4 is 29.9 Å². The Bertz CT molecular complexity index is 213. The molecule has 0 spiro atoms. The molecule has 1 heterocycles. The molecule has 96 valence electrons. The van der Waals surface area contributed by atoms with Crippen LogP contribution in [-0.2, 0) is 4.74 Å². The van der Waals surface area contributed by atoms with Gasteiger partial charge in [0.25, 0.3) is 0 Å². The molecule has 1 unspecified atom stereocenters. The number of aliphatic imine (C=N–C) groups is 1. The second-order valence-corrected chi connectivity index (χ2v) is 3.81. The smallest absolute Gasteiger partial charge is 0.188 e. The minimum absolute atomic E-state index is 0. The van der Waals surface area contributed by atoms with E-state index in [1.54, 1.807) is 14.2 Å². The Labute approximate surface area is 115 Å². The van der Waals surface area contributed by atoms with Crippen molar-refractivity contribution in [1.29, 1.82) is 0 Å². The molecule has 1 rings (SSSR count). The molecule has 1 fully saturated rings. The predicted molar refractivity (Wildman–Crippen MR) is 77.4 cm³/mol. The second kappa shape index (κ2) is 9.00. The largest absolute Gasteiger partial charge is 0.383 e. The Morgan fingerprint density at radius 2 is 2.38 bits per heavy atom. The number of nitrogens with one attached hydrogen (secondary N) is 1. The zero-order chi connectivity index (χ0) is 11.1. The first-order valence-corrected chi connectivity index (χ1v) is 5.47. The van der Waals surface area contributed by atoms with Crippen molar-refractivity contribution in [3.63, 3.8) is 0 Å². The van der Waals surface area contributed by atoms with Gasteiger partial charge in [0.1, 0.15) is 0 Å². The number of methoxy groups -OCH3 is 1. The summed E-state index contributed by atoms with van der Waals surface area (Å²) in [6.07, 6.45) is 2.49. The monoisotopic (exact) mass is 342 g/mol. The van der Waals surface area contributed by atoms with Crippen LogP contribution in [0.15, 0.2) is 4.99 Å². The number of nitrogens with two attached hydrogens (primary N) is 1. The first-order chi connectivity index (χ1) is 7.27. The normalized spacial score (nSPS) is 21.9. The van der Waals surface area contributed by atoms with E-state index in [2.05, 4.69) is 15.2 Å². The number of ether oxygens (including phenoxy) is 1. The van der Waals surface area contributed by atoms with Crippen LogP contribution in [0.25, 0.3) is 0 Å². The Morgan fingerprint density at radius 3 is 3.00 bits per heavy atom. The maximum atomic E-state index is 5.59. The fraction of sp³-hybridized carbons (Fsp3) is 0.900. The highest BCUT2D eigenvalue weighted by atomic mass is 127. The van der Waals surface area contributed by atoms with Crippen LogP contribution >= 0.6 is 24.0 Å². The summed E-state index contributed by atoms with van der Waals surface area (Å²) in [4.78, 5) is 6.32. The summed E-state index contributed by atoms with van der Waals surface area (Å²) in [7, 11) is 3.44. The molecule has 16 heavy (non-hydrogen) atoms. The summed E-state index contributed by atoms with van der Waals surface area (Å²) in [5, 5.41) is 3.13. The molecule has 0 radical (unpaired) electrons. The van der Waals surface area contributed by atoms with Crippen LogP contribution in [0.4, 0.5) is 0 Å². The van der Waals surface area contributed by atoms with E-state index < -0.39 is 0 Å². The van der Waals surface area contributed by atoms with Crippen molar-refractivity contribution < 1.29 is 4.74 Å². The number of guanidine groups is 1. The molecule has 0 aliphatic carbocycles. The molecule has 0 aromatic carbocycles. The Hall–Kier alpha value is -0.0800. The quantitative estimate of drug-likeness (QED) is 0.427. The predicted octanol–water partition coefficient (Wildman–Crippen LogP) is 0.249. The lowest BCUT2D eigenvalue weighted by Crippen LogP contribution is -2.43. The van der Waals surface area contributed by atoms with Crippen LogP contribution in [0, 0.1) is 0 Å². The third-order valence-electron chi connectivity index (χ3n) is 2.84. The van der Waals surface area contributed by atoms with E-state index in [1.165, 1.54) is 19.4 Å². The average Bonchev–Trinajstić information content (AvgIpc) is 2.70. The van der Waals surface area contributed by atoms with E-state index in [1.807, 2.05) is 0 Å². The van der Waals surface area contributed by atoms with Gasteiger partial charge in [-0.15, -0.1) is 24.0 Å². The maximum Gasteiger partial charge on any atom is 0.188 e. The molecule has 0 aromatic heterocycles. The van der Waals surface area contributed by atoms with Crippen LogP contribution < -0.4 is 11.1 Å². The van der Waals surface area contributed by atoms with E-state index in [0.29, 0.717) is 12.0 Å². The fourth-order valence-corrected chi connectivity index (χ4v) is 1.93. The number of likely N-dealkylation sites (tertiary alicyclic amines) is 1. The number of hydrogen-bond acceptors (Lipinski definition) is 3. The molecular weight excluding hydrogens is 319 g/mol. The molecule has 3 N–H and O–H groups in total. The molecule has 5 nitrogen and oxygen atoms in total. The lowest BCUT2D eigenvalue weighted by molar-refractivity contribution is 0.141. The van der Waals surface area contributed by atoms with Gasteiger partial charge >= 0.3 is 0 Å². The SMILES string of the molecule is CN=C(N)NCC1CCCN1CCOC.I. The van der Waals surface area contributed by atoms with Gasteiger partial charge in [-0.3, -0.25) is 9.89 Å². The Morgan fingerprint density at radius 1 is 1.62 bits per heavy atom. The first-order valence-electron chi connectivity index (χ1n) is 5.47. The van der Waals surface area contributed by atoms with Crippen LogP contribution in [0.3, 0.4) is 0 Å². The van der Waals surface area contributed by atoms with Gasteiger partial charge in [-0.2, -0.15) is 0 Å². The van der Waals surface area contributed by atoms with Gasteiger partial charge in [-0.1, -0.05) is 0 Å². The van der Waals surface area contributed by atoms with Crippen molar-refractivity contribution in [3.05, 3.63) is 0 Å². The molecule has 0 bridgehead atoms. The molecule has 6 heteroatoms. The molecular formula is C10H23IN4O. The van der Waals surface area contributed by atoms with E-state index in [-0.39, 0.29) is 24.0 Å². The highest BCUT2D eigenvalue weighted by molar-refractivity contribution is 14.0. The van der Waals surface area contributed by atoms with Crippen molar-refractivity contribution in [3.8, 4) is 0 Å². The standard InChI is InChI=1S/C10H22N4O.HI/c1-12-10(11)13-8-9-4-3-5-14(9)6-7-15-2;/h9H,3-8H2,1-2H3,(H3,11,12,13);1H. The Kier molecular flexibility index (Phi) is 8.96. The lowest BCUT2D eigenvalue weighted by Gasteiger charge is -2.24. The van der Waals surface area contributed by atoms with E-state index in [9.17, 15) is 0 Å². The van der Waals surface area contributed by atoms with Crippen molar-refractivity contribution in [2.75, 3.05) is 40.4 Å². The molecule has 0 amide bonds. The highest BCUT2D eigenvalue weighted by Crippen LogP contribution is 2.15. The fourth-order valence-electron chi connectivity index (χ4n) is 1.93. The summed E-state index contributed by atoms with van der Waals surface area (Å²) in [6, 6.07) is 0.570. The summed E-state index contributed by atoms with van der Waals surface area (Å²) in [5.41, 5.74) is 5.59. The first kappa shape index (κ1) is 15.9. The van der Waals surface area contributed by atoms with E-state index in [4.69, 9.17) is 10.5 Å². The van der Waals surface area contributed by atoms with Gasteiger partial charge < -0.3 is 15.8 Å². The summed E-state index contributed by atoms with van der Waals surface area (Å²) >= 11 is 0. The zero-order valence-electron chi connectivity index (χ0n) is 10.1. The summed E-state index contributed by atoms with van der Waals surface area (Å²) < 4.78 is 5.09. The van der Waals surface area contributed by atoms with Gasteiger partial charge in [0.05, 0.1) is 6.61 Å². The van der Waals surface area contributed by atoms with Gasteiger partial charge in [-0.05, 0) is 19.4 Å². The van der Waals surface area contributed by atoms with Crippen molar-refractivity contribution in [2.45, 2.75) is 18.9 Å². The molecule has 0 aromatic rings. The van der Waals surface area contributed by atoms with Crippen molar-refractivity contribution in [1.82, 2.24) is 10.2 Å². The maximum absolute atomic E-state index is 5.59. The average molecular weight is 342 g/mol. The minimum Gasteiger partial charge on any atom is -0.383 e. The molecule has 1 aliphatic heterocycles. The number of nitrogens with zero attached hydrogens (tertiary/aromatic N) is 2. The summed E-state index contributed by atoms with van der Waals surface area (Å²) in [5.74, 6) is 0.522. The van der Waals surface area contributed by atoms with Gasteiger partial charge in [-0.25, -0.2) is 0 Å². The van der Waals surface area contributed by atoms with Gasteiger partial charge in [0.2, 0.25) is 0 Å². The van der Waals surface area contributed by atoms with Crippen LogP contribution in [0.5, 0.6) is 0 Å². The number of halogens is 1. The second-order valence-electron chi connectivity index (χ2n) is 3.81. The number of hydrogen-bond donors (Lipinski definition) is 2. The molecule has 1 aliphatic rings. The van der Waals surface area contributed by atoms with Crippen LogP contribution in [0.2, 0.25) is 0 Å². The summed E-state index contributed by atoms with van der Waals surface area (Å²) in [6.45, 7) is 3.85. The molecule has 1 saturated heterocycles. The highest BCUT2D eigenvalue weighted by Gasteiger charge is 2.23. The van der Waals surface area contributed by atoms with Crippen LogP contribution in [-0.4, -0.2) is 57.3 Å².